The Hall–Kier alpha value is -2.68. The second-order valence-corrected chi connectivity index (χ2v) is 7.00. The molecule has 0 N–H and O–H groups in total. The SMILES string of the molecule is Cc1nsc(-c2nnc3n2CCN(C(=O)Cc2ccc(F)cc2)[C@@H]3C)n1. The molecule has 9 heteroatoms. The molecule has 2 aromatic heterocycles. The van der Waals surface area contributed by atoms with Crippen molar-refractivity contribution in [2.75, 3.05) is 6.54 Å². The van der Waals surface area contributed by atoms with Gasteiger partial charge in [0.15, 0.2) is 16.7 Å². The molecule has 0 fully saturated rings. The number of aryl methyl sites for hydroxylation is 1. The number of hydrogen-bond acceptors (Lipinski definition) is 6. The van der Waals surface area contributed by atoms with Crippen molar-refractivity contribution in [1.82, 2.24) is 29.0 Å². The highest BCUT2D eigenvalue weighted by Crippen LogP contribution is 2.29. The van der Waals surface area contributed by atoms with Gasteiger partial charge in [0, 0.05) is 13.1 Å². The Labute approximate surface area is 153 Å². The van der Waals surface area contributed by atoms with Crippen molar-refractivity contribution in [2.45, 2.75) is 32.9 Å². The molecule has 26 heavy (non-hydrogen) atoms. The van der Waals surface area contributed by atoms with E-state index >= 15 is 0 Å². The fourth-order valence-electron chi connectivity index (χ4n) is 3.15. The number of aromatic nitrogens is 5. The lowest BCUT2D eigenvalue weighted by molar-refractivity contribution is -0.133. The molecule has 4 rings (SSSR count). The van der Waals surface area contributed by atoms with Gasteiger partial charge in [-0.2, -0.15) is 4.37 Å². The molecule has 0 aliphatic carbocycles. The molecule has 3 heterocycles. The minimum Gasteiger partial charge on any atom is -0.331 e. The molecule has 134 valence electrons. The summed E-state index contributed by atoms with van der Waals surface area (Å²) in [5.74, 6) is 1.84. The average Bonchev–Trinajstić information content (AvgIpc) is 3.23. The van der Waals surface area contributed by atoms with Crippen LogP contribution in [0.2, 0.25) is 0 Å². The quantitative estimate of drug-likeness (QED) is 0.706. The van der Waals surface area contributed by atoms with Crippen molar-refractivity contribution in [3.05, 3.63) is 47.3 Å². The zero-order valence-corrected chi connectivity index (χ0v) is 15.2. The molecule has 1 atom stereocenters. The van der Waals surface area contributed by atoms with Gasteiger partial charge in [0.25, 0.3) is 0 Å². The van der Waals surface area contributed by atoms with Gasteiger partial charge in [-0.05, 0) is 43.1 Å². The Morgan fingerprint density at radius 3 is 2.73 bits per heavy atom. The summed E-state index contributed by atoms with van der Waals surface area (Å²) in [6.07, 6.45) is 0.237. The summed E-state index contributed by atoms with van der Waals surface area (Å²) in [5, 5.41) is 9.28. The number of fused-ring (bicyclic) bond motifs is 1. The van der Waals surface area contributed by atoms with Crippen molar-refractivity contribution >= 4 is 17.4 Å². The Kier molecular flexibility index (Phi) is 4.23. The fourth-order valence-corrected chi connectivity index (χ4v) is 3.82. The Bertz CT molecular complexity index is 951. The standard InChI is InChI=1S/C17H17FN6OS/c1-10-15-20-21-16(17-19-11(2)22-26-17)24(15)8-7-23(10)14(25)9-12-3-5-13(18)6-4-12/h3-6,10H,7-9H2,1-2H3/t10-/m1/s1. The highest BCUT2D eigenvalue weighted by Gasteiger charge is 2.32. The Balaban J connectivity index is 1.54. The molecule has 0 unspecified atom stereocenters. The zero-order valence-electron chi connectivity index (χ0n) is 14.4. The Morgan fingerprint density at radius 1 is 1.27 bits per heavy atom. The van der Waals surface area contributed by atoms with Crippen LogP contribution in [0.15, 0.2) is 24.3 Å². The average molecular weight is 372 g/mol. The summed E-state index contributed by atoms with van der Waals surface area (Å²) < 4.78 is 19.2. The van der Waals surface area contributed by atoms with E-state index in [2.05, 4.69) is 19.6 Å². The maximum atomic E-state index is 13.0. The predicted octanol–water partition coefficient (Wildman–Crippen LogP) is 2.39. The normalized spacial score (nSPS) is 16.6. The van der Waals surface area contributed by atoms with Gasteiger partial charge < -0.3 is 9.47 Å². The summed E-state index contributed by atoms with van der Waals surface area (Å²) in [5.41, 5.74) is 0.792. The third kappa shape index (κ3) is 2.98. The smallest absolute Gasteiger partial charge is 0.227 e. The van der Waals surface area contributed by atoms with Gasteiger partial charge >= 0.3 is 0 Å². The lowest BCUT2D eigenvalue weighted by Gasteiger charge is -2.33. The van der Waals surface area contributed by atoms with E-state index in [-0.39, 0.29) is 24.2 Å². The second kappa shape index (κ2) is 6.56. The van der Waals surface area contributed by atoms with Gasteiger partial charge in [-0.3, -0.25) is 4.79 Å². The van der Waals surface area contributed by atoms with Crippen LogP contribution in [-0.4, -0.2) is 41.5 Å². The molecule has 7 nitrogen and oxygen atoms in total. The predicted molar refractivity (Wildman–Crippen MR) is 93.9 cm³/mol. The van der Waals surface area contributed by atoms with Gasteiger partial charge in [-0.25, -0.2) is 9.37 Å². The van der Waals surface area contributed by atoms with Crippen molar-refractivity contribution in [3.63, 3.8) is 0 Å². The summed E-state index contributed by atoms with van der Waals surface area (Å²) in [6.45, 7) is 4.95. The van der Waals surface area contributed by atoms with Gasteiger partial charge in [-0.15, -0.1) is 10.2 Å². The maximum Gasteiger partial charge on any atom is 0.227 e. The zero-order chi connectivity index (χ0) is 18.3. The Morgan fingerprint density at radius 2 is 2.04 bits per heavy atom. The van der Waals surface area contributed by atoms with Crippen LogP contribution in [0.1, 0.15) is 30.2 Å². The highest BCUT2D eigenvalue weighted by atomic mass is 32.1. The van der Waals surface area contributed by atoms with Crippen molar-refractivity contribution < 1.29 is 9.18 Å². The van der Waals surface area contributed by atoms with E-state index in [1.165, 1.54) is 23.7 Å². The number of benzene rings is 1. The van der Waals surface area contributed by atoms with Crippen LogP contribution in [0, 0.1) is 12.7 Å². The number of carbonyl (C=O) groups excluding carboxylic acids is 1. The van der Waals surface area contributed by atoms with Crippen LogP contribution in [0.4, 0.5) is 4.39 Å². The summed E-state index contributed by atoms with van der Waals surface area (Å²) in [6, 6.07) is 5.83. The molecule has 0 saturated heterocycles. The van der Waals surface area contributed by atoms with Crippen LogP contribution < -0.4 is 0 Å². The summed E-state index contributed by atoms with van der Waals surface area (Å²) >= 11 is 1.30. The van der Waals surface area contributed by atoms with E-state index < -0.39 is 0 Å². The molecule has 0 radical (unpaired) electrons. The molecular formula is C17H17FN6OS. The molecular weight excluding hydrogens is 355 g/mol. The van der Waals surface area contributed by atoms with E-state index in [0.29, 0.717) is 24.7 Å². The third-order valence-corrected chi connectivity index (χ3v) is 5.30. The van der Waals surface area contributed by atoms with Crippen LogP contribution in [0.25, 0.3) is 10.8 Å². The lowest BCUT2D eigenvalue weighted by Crippen LogP contribution is -2.42. The molecule has 1 amide bonds. The van der Waals surface area contributed by atoms with Crippen molar-refractivity contribution in [2.24, 2.45) is 0 Å². The van der Waals surface area contributed by atoms with Crippen molar-refractivity contribution in [3.8, 4) is 10.8 Å². The van der Waals surface area contributed by atoms with E-state index in [0.717, 1.165) is 16.4 Å². The first-order valence-electron chi connectivity index (χ1n) is 8.30. The molecule has 0 bridgehead atoms. The van der Waals surface area contributed by atoms with Crippen LogP contribution in [0.5, 0.6) is 0 Å². The molecule has 1 aliphatic heterocycles. The molecule has 1 aliphatic rings. The largest absolute Gasteiger partial charge is 0.331 e. The topological polar surface area (TPSA) is 76.8 Å². The molecule has 3 aromatic rings. The minimum absolute atomic E-state index is 0.00771. The summed E-state index contributed by atoms with van der Waals surface area (Å²) in [4.78, 5) is 18.9. The van der Waals surface area contributed by atoms with Crippen LogP contribution in [0.3, 0.4) is 0 Å². The fraction of sp³-hybridized carbons (Fsp3) is 0.353. The monoisotopic (exact) mass is 372 g/mol. The number of amides is 1. The first-order chi connectivity index (χ1) is 12.5. The van der Waals surface area contributed by atoms with Crippen molar-refractivity contribution in [1.29, 1.82) is 0 Å². The molecule has 0 spiro atoms. The molecule has 1 aromatic carbocycles. The van der Waals surface area contributed by atoms with E-state index in [1.54, 1.807) is 17.0 Å². The minimum atomic E-state index is -0.305. The second-order valence-electron chi connectivity index (χ2n) is 6.25. The lowest BCUT2D eigenvalue weighted by atomic mass is 10.1. The first kappa shape index (κ1) is 16.8. The summed E-state index contributed by atoms with van der Waals surface area (Å²) in [7, 11) is 0. The van der Waals surface area contributed by atoms with E-state index in [4.69, 9.17) is 0 Å². The van der Waals surface area contributed by atoms with Gasteiger partial charge in [0.2, 0.25) is 5.91 Å². The number of nitrogens with zero attached hydrogens (tertiary/aromatic N) is 6. The van der Waals surface area contributed by atoms with Crippen LogP contribution >= 0.6 is 11.5 Å². The maximum absolute atomic E-state index is 13.0. The van der Waals surface area contributed by atoms with Gasteiger partial charge in [0.1, 0.15) is 11.6 Å². The number of carbonyl (C=O) groups is 1. The number of halogens is 1. The third-order valence-electron chi connectivity index (χ3n) is 4.49. The van der Waals surface area contributed by atoms with E-state index in [1.807, 2.05) is 18.4 Å². The number of hydrogen-bond donors (Lipinski definition) is 0. The first-order valence-corrected chi connectivity index (χ1v) is 9.08. The van der Waals surface area contributed by atoms with E-state index in [9.17, 15) is 9.18 Å². The van der Waals surface area contributed by atoms with Crippen LogP contribution in [-0.2, 0) is 17.8 Å². The molecule has 0 saturated carbocycles. The van der Waals surface area contributed by atoms with Gasteiger partial charge in [-0.1, -0.05) is 12.1 Å². The highest BCUT2D eigenvalue weighted by molar-refractivity contribution is 7.09. The van der Waals surface area contributed by atoms with Gasteiger partial charge in [0.05, 0.1) is 12.5 Å². The number of rotatable bonds is 3.